The van der Waals surface area contributed by atoms with Gasteiger partial charge in [0, 0.05) is 0 Å². The summed E-state index contributed by atoms with van der Waals surface area (Å²) in [6.07, 6.45) is 3.39. The summed E-state index contributed by atoms with van der Waals surface area (Å²) in [4.78, 5) is 23.2. The molecule has 0 saturated heterocycles. The fraction of sp³-hybridized carbons (Fsp3) is 0.429. The van der Waals surface area contributed by atoms with E-state index >= 15 is 0 Å². The van der Waals surface area contributed by atoms with Gasteiger partial charge < -0.3 is 0 Å². The van der Waals surface area contributed by atoms with Crippen LogP contribution < -0.4 is 0 Å². The Kier molecular flexibility index (Phi) is 2.65. The van der Waals surface area contributed by atoms with Crippen molar-refractivity contribution < 1.29 is 30.7 Å². The van der Waals surface area contributed by atoms with Crippen LogP contribution in [0.2, 0.25) is 0 Å². The predicted molar refractivity (Wildman–Crippen MR) is 35.1 cm³/mol. The molecule has 64 valence electrons. The Labute approximate surface area is 77.4 Å². The molecule has 0 spiro atoms. The Morgan fingerprint density at radius 2 is 1.91 bits per heavy atom. The SMILES string of the molecule is CC[CH]([11Au])N1C(=O)C=CC1=O. The summed E-state index contributed by atoms with van der Waals surface area (Å²) >= 11 is 2.27. The minimum absolute atomic E-state index is 0.0370. The van der Waals surface area contributed by atoms with Gasteiger partial charge in [0.1, 0.15) is 0 Å². The summed E-state index contributed by atoms with van der Waals surface area (Å²) in [5, 5.41) is 0. The first kappa shape index (κ1) is 8.71. The van der Waals surface area contributed by atoms with Crippen LogP contribution in [-0.2, 0) is 30.7 Å². The van der Waals surface area contributed by atoms with Crippen molar-refractivity contribution >= 4 is 11.8 Å². The van der Waals surface area contributed by atoms with E-state index in [0.717, 1.165) is 6.42 Å². The van der Waals surface area contributed by atoms with Crippen LogP contribution in [0.4, 0.5) is 0 Å². The number of hydrogen-bond donors (Lipinski definition) is 0. The Hall–Kier alpha value is -0.380. The number of hydrogen-bond acceptors (Lipinski definition) is 2. The first-order valence-electron chi connectivity index (χ1n) is 3.31. The molecular weight excluding hydrogens is 141 g/mol. The van der Waals surface area contributed by atoms with Crippen molar-refractivity contribution in [2.45, 2.75) is 17.6 Å². The summed E-state index contributed by atoms with van der Waals surface area (Å²) in [5.41, 5.74) is 0. The molecule has 0 N–H and O–H groups in total. The van der Waals surface area contributed by atoms with Crippen LogP contribution in [0.15, 0.2) is 12.2 Å². The Morgan fingerprint density at radius 1 is 1.45 bits per heavy atom. The van der Waals surface area contributed by atoms with Gasteiger partial charge in [0.15, 0.2) is 0 Å². The number of nitrogens with zero attached hydrogens (tertiary/aromatic N) is 1. The Morgan fingerprint density at radius 3 is 2.27 bits per heavy atom. The standard InChI is InChI=1S/C7H8NO2.Au/c1-2-5-8-6(9)3-4-7(8)10;/h3-5H,2H2,1H3;/i;1-110. The molecular formula is C7H8AuNO2. The second kappa shape index (κ2) is 3.34. The summed E-state index contributed by atoms with van der Waals surface area (Å²) in [7, 11) is 0. The molecule has 1 unspecified atom stereocenters. The molecule has 0 fully saturated rings. The van der Waals surface area contributed by atoms with E-state index in [4.69, 9.17) is 0 Å². The van der Waals surface area contributed by atoms with Crippen LogP contribution in [0.1, 0.15) is 13.3 Å². The van der Waals surface area contributed by atoms with Crippen molar-refractivity contribution in [3.8, 4) is 0 Å². The molecule has 0 aliphatic carbocycles. The van der Waals surface area contributed by atoms with Crippen molar-refractivity contribution in [2.24, 2.45) is 0 Å². The molecule has 0 aromatic carbocycles. The number of rotatable bonds is 2. The van der Waals surface area contributed by atoms with Crippen LogP contribution in [0, 0.1) is 0 Å². The van der Waals surface area contributed by atoms with E-state index in [1.54, 1.807) is 0 Å². The summed E-state index contributed by atoms with van der Waals surface area (Å²) in [5.74, 6) is -0.409. The number of imide groups is 1. The molecule has 1 aliphatic rings. The van der Waals surface area contributed by atoms with Gasteiger partial charge in [0.2, 0.25) is 0 Å². The molecule has 4 heteroatoms. The summed E-state index contributed by atoms with van der Waals surface area (Å²) in [6, 6.07) is 0. The maximum absolute atomic E-state index is 11.0. The van der Waals surface area contributed by atoms with Crippen molar-refractivity contribution in [3.05, 3.63) is 12.2 Å². The molecule has 0 radical (unpaired) electrons. The molecule has 1 rings (SSSR count). The average molecular weight is 149 g/mol. The Bertz CT molecular complexity index is 206. The third-order valence-electron chi connectivity index (χ3n) is 1.41. The summed E-state index contributed by atoms with van der Waals surface area (Å²) in [6.45, 7) is 1.93. The molecule has 0 aromatic rings. The van der Waals surface area contributed by atoms with Crippen molar-refractivity contribution in [1.29, 1.82) is 0 Å². The van der Waals surface area contributed by atoms with Crippen LogP contribution >= 0.6 is 0 Å². The van der Waals surface area contributed by atoms with Crippen LogP contribution in [0.5, 0.6) is 0 Å². The van der Waals surface area contributed by atoms with Crippen molar-refractivity contribution in [2.75, 3.05) is 0 Å². The van der Waals surface area contributed by atoms with Gasteiger partial charge in [-0.1, -0.05) is 0 Å². The number of amides is 2. The molecule has 0 saturated carbocycles. The van der Waals surface area contributed by atoms with E-state index in [-0.39, 0.29) is 16.1 Å². The van der Waals surface area contributed by atoms with Crippen molar-refractivity contribution in [3.63, 3.8) is 0 Å². The van der Waals surface area contributed by atoms with Gasteiger partial charge in [0.05, 0.1) is 0 Å². The van der Waals surface area contributed by atoms with E-state index in [1.807, 2.05) is 6.92 Å². The fourth-order valence-corrected chi connectivity index (χ4v) is 1.40. The quantitative estimate of drug-likeness (QED) is 0.415. The van der Waals surface area contributed by atoms with Crippen molar-refractivity contribution in [1.82, 2.24) is 4.90 Å². The number of carbonyl (C=O) groups is 2. The third-order valence-corrected chi connectivity index (χ3v) is 2.85. The summed E-state index contributed by atoms with van der Waals surface area (Å²) < 4.78 is -0.0370. The topological polar surface area (TPSA) is 37.4 Å². The van der Waals surface area contributed by atoms with E-state index in [0.29, 0.717) is 0 Å². The predicted octanol–water partition coefficient (Wildman–Crippen LogP) is 0.194. The molecule has 0 aromatic heterocycles. The molecule has 0 bridgehead atoms. The zero-order valence-electron chi connectivity index (χ0n) is 6.00. The third kappa shape index (κ3) is 1.61. The van der Waals surface area contributed by atoms with Gasteiger partial charge in [-0.3, -0.25) is 0 Å². The molecule has 11 heavy (non-hydrogen) atoms. The molecule has 1 aliphatic heterocycles. The monoisotopic (exact) mass is 149 g/mol. The molecule has 2 amide bonds. The Balaban J connectivity index is 2.73. The van der Waals surface area contributed by atoms with Crippen LogP contribution in [0.25, 0.3) is 0 Å². The molecule has 3 nitrogen and oxygen atoms in total. The molecule has 1 atom stereocenters. The van der Waals surface area contributed by atoms with Gasteiger partial charge in [-0.15, -0.1) is 0 Å². The van der Waals surface area contributed by atoms with Crippen LogP contribution in [0.3, 0.4) is 0 Å². The number of carbonyl (C=O) groups excluding carboxylic acids is 2. The van der Waals surface area contributed by atoms with Crippen LogP contribution in [-0.4, -0.2) is 21.0 Å². The second-order valence-corrected chi connectivity index (χ2v) is 3.62. The van der Waals surface area contributed by atoms with Gasteiger partial charge in [-0.2, -0.15) is 0 Å². The van der Waals surface area contributed by atoms with Gasteiger partial charge in [-0.25, -0.2) is 0 Å². The second-order valence-electron chi connectivity index (χ2n) is 2.17. The molecule has 1 heterocycles. The maximum atomic E-state index is 11.0. The first-order valence-corrected chi connectivity index (χ1v) is 4.56. The van der Waals surface area contributed by atoms with E-state index in [9.17, 15) is 9.59 Å². The minimum atomic E-state index is -0.204. The van der Waals surface area contributed by atoms with Gasteiger partial charge in [-0.05, 0) is 0 Å². The zero-order chi connectivity index (χ0) is 8.43. The normalized spacial score (nSPS) is 19.7. The van der Waals surface area contributed by atoms with Gasteiger partial charge >= 0.3 is 77.1 Å². The first-order chi connectivity index (χ1) is 5.16. The van der Waals surface area contributed by atoms with E-state index in [2.05, 4.69) is 21.1 Å². The van der Waals surface area contributed by atoms with Gasteiger partial charge in [0.25, 0.3) is 0 Å². The average Bonchev–Trinajstić information content (AvgIpc) is 2.30. The zero-order valence-corrected chi connectivity index (χ0v) is 8.17. The van der Waals surface area contributed by atoms with E-state index < -0.39 is 0 Å². The van der Waals surface area contributed by atoms with E-state index in [1.165, 1.54) is 17.1 Å². The fourth-order valence-electron chi connectivity index (χ4n) is 0.851.